The molecule has 1 saturated heterocycles. The molecule has 0 amide bonds. The molecule has 13 heavy (non-hydrogen) atoms. The molecule has 1 heterocycles. The third-order valence-electron chi connectivity index (χ3n) is 2.36. The molecule has 1 fully saturated rings. The van der Waals surface area contributed by atoms with E-state index in [4.69, 9.17) is 9.84 Å². The van der Waals surface area contributed by atoms with Gasteiger partial charge >= 0.3 is 5.97 Å². The predicted molar refractivity (Wildman–Crippen MR) is 42.8 cm³/mol. The lowest BCUT2D eigenvalue weighted by molar-refractivity contribution is -0.151. The van der Waals surface area contributed by atoms with Gasteiger partial charge in [0.1, 0.15) is 12.2 Å². The van der Waals surface area contributed by atoms with E-state index in [2.05, 4.69) is 0 Å². The Balaban J connectivity index is 2.70. The molecular formula is C8H14O5. The molecule has 1 aliphatic rings. The fourth-order valence-electron chi connectivity index (χ4n) is 1.57. The highest BCUT2D eigenvalue weighted by atomic mass is 16.6. The van der Waals surface area contributed by atoms with Crippen LogP contribution in [0.1, 0.15) is 13.3 Å². The van der Waals surface area contributed by atoms with Crippen LogP contribution >= 0.6 is 0 Å². The van der Waals surface area contributed by atoms with Gasteiger partial charge in [0.15, 0.2) is 6.10 Å². The van der Waals surface area contributed by atoms with E-state index in [1.165, 1.54) is 0 Å². The van der Waals surface area contributed by atoms with Gasteiger partial charge in [-0.25, -0.2) is 4.79 Å². The van der Waals surface area contributed by atoms with Crippen LogP contribution in [0.25, 0.3) is 0 Å². The summed E-state index contributed by atoms with van der Waals surface area (Å²) in [7, 11) is 0. The molecule has 1 aliphatic heterocycles. The highest BCUT2D eigenvalue weighted by molar-refractivity contribution is 5.77. The summed E-state index contributed by atoms with van der Waals surface area (Å²) in [5, 5.41) is 27.2. The third-order valence-corrected chi connectivity index (χ3v) is 2.36. The van der Waals surface area contributed by atoms with Crippen molar-refractivity contribution in [3.8, 4) is 0 Å². The van der Waals surface area contributed by atoms with Gasteiger partial charge in [0.05, 0.1) is 6.61 Å². The molecule has 0 aromatic rings. The van der Waals surface area contributed by atoms with Crippen molar-refractivity contribution < 1.29 is 24.9 Å². The molecule has 0 saturated carbocycles. The molecule has 5 heteroatoms. The van der Waals surface area contributed by atoms with E-state index in [-0.39, 0.29) is 0 Å². The Labute approximate surface area is 75.9 Å². The fourth-order valence-corrected chi connectivity index (χ4v) is 1.57. The lowest BCUT2D eigenvalue weighted by Crippen LogP contribution is -2.36. The second-order valence-corrected chi connectivity index (χ2v) is 3.17. The van der Waals surface area contributed by atoms with Crippen LogP contribution in [0.3, 0.4) is 0 Å². The quantitative estimate of drug-likeness (QED) is 0.479. The Bertz CT molecular complexity index is 193. The summed E-state index contributed by atoms with van der Waals surface area (Å²) >= 11 is 0. The summed E-state index contributed by atoms with van der Waals surface area (Å²) in [5.41, 5.74) is 0. The zero-order chi connectivity index (χ0) is 10.0. The number of aliphatic hydroxyl groups is 3. The average molecular weight is 190 g/mol. The highest BCUT2D eigenvalue weighted by Gasteiger charge is 2.45. The van der Waals surface area contributed by atoms with Gasteiger partial charge in [0.25, 0.3) is 0 Å². The van der Waals surface area contributed by atoms with Crippen molar-refractivity contribution in [1.29, 1.82) is 0 Å². The Kier molecular flexibility index (Phi) is 3.24. The highest BCUT2D eigenvalue weighted by Crippen LogP contribution is 2.27. The molecular weight excluding hydrogens is 176 g/mol. The smallest absolute Gasteiger partial charge is 0.335 e. The summed E-state index contributed by atoms with van der Waals surface area (Å²) < 4.78 is 4.73. The maximum absolute atomic E-state index is 10.9. The molecule has 0 aromatic heterocycles. The largest absolute Gasteiger partial charge is 0.457 e. The zero-order valence-electron chi connectivity index (χ0n) is 7.38. The first kappa shape index (κ1) is 10.4. The number of carbonyl (C=O) groups is 1. The molecule has 0 radical (unpaired) electrons. The lowest BCUT2D eigenvalue weighted by Gasteiger charge is -2.20. The van der Waals surface area contributed by atoms with Gasteiger partial charge in [-0.1, -0.05) is 6.92 Å². The summed E-state index contributed by atoms with van der Waals surface area (Å²) in [6.07, 6.45) is -2.53. The van der Waals surface area contributed by atoms with E-state index in [9.17, 15) is 15.0 Å². The zero-order valence-corrected chi connectivity index (χ0v) is 7.38. The summed E-state index contributed by atoms with van der Waals surface area (Å²) in [5.74, 6) is -1.14. The first-order valence-electron chi connectivity index (χ1n) is 4.29. The van der Waals surface area contributed by atoms with Crippen LogP contribution in [0.2, 0.25) is 0 Å². The van der Waals surface area contributed by atoms with Crippen molar-refractivity contribution in [1.82, 2.24) is 0 Å². The van der Waals surface area contributed by atoms with Crippen molar-refractivity contribution >= 4 is 5.97 Å². The molecule has 0 aromatic carbocycles. The minimum absolute atomic E-state index is 0.422. The molecule has 76 valence electrons. The van der Waals surface area contributed by atoms with Crippen molar-refractivity contribution in [2.75, 3.05) is 6.61 Å². The minimum atomic E-state index is -1.17. The van der Waals surface area contributed by atoms with E-state index in [0.29, 0.717) is 6.42 Å². The fraction of sp³-hybridized carbons (Fsp3) is 0.875. The van der Waals surface area contributed by atoms with Gasteiger partial charge in [-0.15, -0.1) is 0 Å². The summed E-state index contributed by atoms with van der Waals surface area (Å²) in [6, 6.07) is 0. The van der Waals surface area contributed by atoms with E-state index in [1.807, 2.05) is 0 Å². The molecule has 2 unspecified atom stereocenters. The second kappa shape index (κ2) is 4.04. The van der Waals surface area contributed by atoms with Gasteiger partial charge in [-0.05, 0) is 6.42 Å². The first-order valence-corrected chi connectivity index (χ1v) is 4.29. The standard InChI is InChI=1S/C8H14O5/c1-2-4-6(11)8(12)13-7(4)5(10)3-9/h4-7,9-11H,2-3H2,1H3/t4?,5-,6?,7+/m1/s1. The van der Waals surface area contributed by atoms with Gasteiger partial charge in [-0.2, -0.15) is 0 Å². The monoisotopic (exact) mass is 190 g/mol. The van der Waals surface area contributed by atoms with Gasteiger partial charge in [0.2, 0.25) is 0 Å². The first-order chi connectivity index (χ1) is 6.11. The predicted octanol–water partition coefficient (Wildman–Crippen LogP) is -1.35. The molecule has 0 aliphatic carbocycles. The van der Waals surface area contributed by atoms with Crippen LogP contribution in [0, 0.1) is 5.92 Å². The molecule has 4 atom stereocenters. The topological polar surface area (TPSA) is 87.0 Å². The van der Waals surface area contributed by atoms with E-state index < -0.39 is 36.8 Å². The van der Waals surface area contributed by atoms with Crippen LogP contribution < -0.4 is 0 Å². The van der Waals surface area contributed by atoms with Gasteiger partial charge < -0.3 is 20.1 Å². The van der Waals surface area contributed by atoms with Crippen LogP contribution in [0.4, 0.5) is 0 Å². The minimum Gasteiger partial charge on any atom is -0.457 e. The Morgan fingerprint density at radius 2 is 2.23 bits per heavy atom. The second-order valence-electron chi connectivity index (χ2n) is 3.17. The Morgan fingerprint density at radius 1 is 1.62 bits per heavy atom. The summed E-state index contributed by atoms with van der Waals surface area (Å²) in [6.45, 7) is 1.31. The van der Waals surface area contributed by atoms with E-state index >= 15 is 0 Å². The number of ether oxygens (including phenoxy) is 1. The number of carbonyl (C=O) groups excluding carboxylic acids is 1. The molecule has 1 rings (SSSR count). The molecule has 0 spiro atoms. The number of rotatable bonds is 3. The third kappa shape index (κ3) is 1.82. The normalized spacial score (nSPS) is 36.0. The van der Waals surface area contributed by atoms with E-state index in [1.54, 1.807) is 6.92 Å². The number of aliphatic hydroxyl groups excluding tert-OH is 3. The summed E-state index contributed by atoms with van der Waals surface area (Å²) in [4.78, 5) is 10.9. The van der Waals surface area contributed by atoms with Crippen LogP contribution in [0.5, 0.6) is 0 Å². The maximum atomic E-state index is 10.9. The Hall–Kier alpha value is -0.650. The van der Waals surface area contributed by atoms with Crippen molar-refractivity contribution in [3.05, 3.63) is 0 Å². The SMILES string of the molecule is CCC1C(O)C(=O)O[C@@H]1[C@H](O)CO. The average Bonchev–Trinajstić information content (AvgIpc) is 2.42. The van der Waals surface area contributed by atoms with Crippen molar-refractivity contribution in [3.63, 3.8) is 0 Å². The number of esters is 1. The van der Waals surface area contributed by atoms with E-state index in [0.717, 1.165) is 0 Å². The lowest BCUT2D eigenvalue weighted by atomic mass is 9.93. The Morgan fingerprint density at radius 3 is 2.69 bits per heavy atom. The number of hydrogen-bond donors (Lipinski definition) is 3. The van der Waals surface area contributed by atoms with Crippen LogP contribution in [-0.2, 0) is 9.53 Å². The molecule has 3 N–H and O–H groups in total. The number of cyclic esters (lactones) is 1. The van der Waals surface area contributed by atoms with Gasteiger partial charge in [0, 0.05) is 5.92 Å². The molecule has 0 bridgehead atoms. The van der Waals surface area contributed by atoms with Crippen LogP contribution in [-0.4, -0.2) is 46.2 Å². The van der Waals surface area contributed by atoms with Gasteiger partial charge in [-0.3, -0.25) is 0 Å². The van der Waals surface area contributed by atoms with Crippen molar-refractivity contribution in [2.45, 2.75) is 31.7 Å². The number of hydrogen-bond acceptors (Lipinski definition) is 5. The van der Waals surface area contributed by atoms with Crippen molar-refractivity contribution in [2.24, 2.45) is 5.92 Å². The van der Waals surface area contributed by atoms with Crippen LogP contribution in [0.15, 0.2) is 0 Å². The maximum Gasteiger partial charge on any atom is 0.335 e. The molecule has 5 nitrogen and oxygen atoms in total.